The van der Waals surface area contributed by atoms with Crippen molar-refractivity contribution in [1.82, 2.24) is 24.9 Å². The number of nitrogens with zero attached hydrogens (tertiary/aromatic N) is 4. The molecule has 0 saturated heterocycles. The van der Waals surface area contributed by atoms with Gasteiger partial charge in [0.2, 0.25) is 0 Å². The van der Waals surface area contributed by atoms with Gasteiger partial charge in [-0.15, -0.1) is 0 Å². The Hall–Kier alpha value is -4.67. The van der Waals surface area contributed by atoms with E-state index in [2.05, 4.69) is 15.5 Å². The van der Waals surface area contributed by atoms with Crippen LogP contribution in [0.3, 0.4) is 0 Å². The van der Waals surface area contributed by atoms with Crippen LogP contribution in [0.1, 0.15) is 86.0 Å². The van der Waals surface area contributed by atoms with Crippen LogP contribution < -0.4 is 5.32 Å². The van der Waals surface area contributed by atoms with Crippen LogP contribution in [-0.2, 0) is 43.1 Å². The SMILES string of the molecule is Cc1nn(COP(=O)(OC(C)(C)C)OC(C)(C)C)c(C)c1-c1ccc(CC(=O)[C@@H](NC(=O)c2ccnn2C)C(c2ccccc2)c2ccccc2)cc1. The van der Waals surface area contributed by atoms with E-state index in [1.54, 1.807) is 65.5 Å². The van der Waals surface area contributed by atoms with E-state index in [1.807, 2.05) is 98.8 Å². The number of aromatic nitrogens is 4. The van der Waals surface area contributed by atoms with Gasteiger partial charge in [-0.05, 0) is 83.7 Å². The number of amides is 1. The summed E-state index contributed by atoms with van der Waals surface area (Å²) in [5.41, 5.74) is 4.80. The maximum Gasteiger partial charge on any atom is 0.477 e. The van der Waals surface area contributed by atoms with Gasteiger partial charge in [-0.1, -0.05) is 84.9 Å². The van der Waals surface area contributed by atoms with E-state index in [9.17, 15) is 14.2 Å². The number of benzene rings is 3. The smallest absolute Gasteiger partial charge is 0.340 e. The number of phosphoric ester groups is 1. The van der Waals surface area contributed by atoms with Crippen molar-refractivity contribution in [2.24, 2.45) is 7.05 Å². The Balaban J connectivity index is 1.40. The highest BCUT2D eigenvalue weighted by Crippen LogP contribution is 2.55. The monoisotopic (exact) mass is 739 g/mol. The molecule has 0 bridgehead atoms. The average Bonchev–Trinajstić information content (AvgIpc) is 3.64. The van der Waals surface area contributed by atoms with Gasteiger partial charge in [-0.2, -0.15) is 10.2 Å². The summed E-state index contributed by atoms with van der Waals surface area (Å²) >= 11 is 0. The van der Waals surface area contributed by atoms with Crippen molar-refractivity contribution in [2.75, 3.05) is 0 Å². The van der Waals surface area contributed by atoms with Crippen LogP contribution in [0.15, 0.2) is 97.2 Å². The number of hydrogen-bond acceptors (Lipinski definition) is 8. The number of Topliss-reactive ketones (excluding diaryl/α,β-unsaturated/α-hetero) is 1. The first-order chi connectivity index (χ1) is 24.9. The fourth-order valence-corrected chi connectivity index (χ4v) is 8.00. The Labute approximate surface area is 312 Å². The van der Waals surface area contributed by atoms with Gasteiger partial charge in [0, 0.05) is 36.8 Å². The number of nitrogens with one attached hydrogen (secondary N) is 1. The normalized spacial score (nSPS) is 12.9. The molecule has 0 unspecified atom stereocenters. The topological polar surface area (TPSA) is 127 Å². The zero-order valence-corrected chi connectivity index (χ0v) is 32.9. The third-order valence-corrected chi connectivity index (χ3v) is 10.4. The third-order valence-electron chi connectivity index (χ3n) is 8.45. The van der Waals surface area contributed by atoms with Crippen molar-refractivity contribution < 1.29 is 27.7 Å². The minimum Gasteiger partial charge on any atom is -0.340 e. The Morgan fingerprint density at radius 1 is 0.811 bits per heavy atom. The molecule has 0 saturated carbocycles. The molecule has 5 aromatic rings. The van der Waals surface area contributed by atoms with E-state index in [4.69, 9.17) is 13.6 Å². The minimum atomic E-state index is -3.95. The van der Waals surface area contributed by atoms with Crippen LogP contribution in [0.2, 0.25) is 0 Å². The lowest BCUT2D eigenvalue weighted by Crippen LogP contribution is -2.46. The van der Waals surface area contributed by atoms with E-state index < -0.39 is 31.0 Å². The summed E-state index contributed by atoms with van der Waals surface area (Å²) in [7, 11) is -2.25. The van der Waals surface area contributed by atoms with Crippen molar-refractivity contribution in [3.05, 3.63) is 131 Å². The van der Waals surface area contributed by atoms with E-state index >= 15 is 0 Å². The summed E-state index contributed by atoms with van der Waals surface area (Å²) < 4.78 is 34.1. The van der Waals surface area contributed by atoms with Crippen LogP contribution in [0.25, 0.3) is 11.1 Å². The van der Waals surface area contributed by atoms with Crippen molar-refractivity contribution in [2.45, 2.75) is 91.7 Å². The second-order valence-electron chi connectivity index (χ2n) is 15.1. The highest BCUT2D eigenvalue weighted by atomic mass is 31.2. The van der Waals surface area contributed by atoms with Gasteiger partial charge in [-0.25, -0.2) is 9.25 Å². The molecule has 2 heterocycles. The average molecular weight is 740 g/mol. The molecule has 1 N–H and O–H groups in total. The van der Waals surface area contributed by atoms with Gasteiger partial charge in [0.1, 0.15) is 5.69 Å². The molecule has 0 aliphatic carbocycles. The maximum absolute atomic E-state index is 14.4. The van der Waals surface area contributed by atoms with Crippen molar-refractivity contribution in [3.63, 3.8) is 0 Å². The maximum atomic E-state index is 14.4. The predicted octanol–water partition coefficient (Wildman–Crippen LogP) is 8.36. The van der Waals surface area contributed by atoms with E-state index in [0.29, 0.717) is 5.69 Å². The van der Waals surface area contributed by atoms with Gasteiger partial charge in [0.25, 0.3) is 5.91 Å². The molecule has 12 heteroatoms. The lowest BCUT2D eigenvalue weighted by Gasteiger charge is -2.30. The number of aryl methyl sites for hydroxylation is 2. The first-order valence-corrected chi connectivity index (χ1v) is 19.1. The highest BCUT2D eigenvalue weighted by Gasteiger charge is 2.38. The van der Waals surface area contributed by atoms with Crippen molar-refractivity contribution >= 4 is 19.5 Å². The zero-order valence-electron chi connectivity index (χ0n) is 32.0. The standard InChI is InChI=1S/C41H50N5O6P/c1-28-36(29(2)46(44-28)27-50-53(49,51-40(3,4)5)52-41(6,7)8)33-22-20-30(21-23-33)26-35(47)38(43-39(48)34-24-25-42-45(34)9)37(31-16-12-10-13-17-31)32-18-14-11-15-19-32/h10-25,37-38H,26-27H2,1-9H3,(H,43,48)/t38-/m1/s1. The summed E-state index contributed by atoms with van der Waals surface area (Å²) in [6.45, 7) is 14.4. The molecule has 0 aliphatic heterocycles. The molecular weight excluding hydrogens is 689 g/mol. The fourth-order valence-electron chi connectivity index (χ4n) is 6.27. The summed E-state index contributed by atoms with van der Waals surface area (Å²) in [5, 5.41) is 11.9. The minimum absolute atomic E-state index is 0.0920. The van der Waals surface area contributed by atoms with Gasteiger partial charge in [0.15, 0.2) is 12.5 Å². The molecule has 53 heavy (non-hydrogen) atoms. The quantitative estimate of drug-likeness (QED) is 0.113. The predicted molar refractivity (Wildman–Crippen MR) is 205 cm³/mol. The van der Waals surface area contributed by atoms with Crippen LogP contribution in [0, 0.1) is 13.8 Å². The summed E-state index contributed by atoms with van der Waals surface area (Å²) in [6.07, 6.45) is 1.65. The van der Waals surface area contributed by atoms with Gasteiger partial charge >= 0.3 is 7.82 Å². The van der Waals surface area contributed by atoms with Gasteiger partial charge in [0.05, 0.1) is 22.9 Å². The molecule has 11 nitrogen and oxygen atoms in total. The van der Waals surface area contributed by atoms with Crippen LogP contribution in [-0.4, -0.2) is 48.5 Å². The molecule has 1 amide bonds. The highest BCUT2D eigenvalue weighted by molar-refractivity contribution is 7.48. The zero-order chi connectivity index (χ0) is 38.6. The molecule has 0 aliphatic rings. The lowest BCUT2D eigenvalue weighted by atomic mass is 9.81. The number of hydrogen-bond donors (Lipinski definition) is 1. The van der Waals surface area contributed by atoms with Crippen LogP contribution in [0.5, 0.6) is 0 Å². The second-order valence-corrected chi connectivity index (χ2v) is 16.6. The molecule has 0 spiro atoms. The van der Waals surface area contributed by atoms with Crippen molar-refractivity contribution in [3.8, 4) is 11.1 Å². The second kappa shape index (κ2) is 16.1. The Morgan fingerprint density at radius 3 is 1.85 bits per heavy atom. The number of ketones is 1. The molecule has 0 radical (unpaired) electrons. The first kappa shape index (κ1) is 39.5. The van der Waals surface area contributed by atoms with Gasteiger partial charge in [-0.3, -0.25) is 27.8 Å². The van der Waals surface area contributed by atoms with Gasteiger partial charge < -0.3 is 5.32 Å². The van der Waals surface area contributed by atoms with E-state index in [1.165, 1.54) is 4.68 Å². The lowest BCUT2D eigenvalue weighted by molar-refractivity contribution is -0.120. The molecular formula is C41H50N5O6P. The number of carbonyl (C=O) groups excluding carboxylic acids is 2. The van der Waals surface area contributed by atoms with E-state index in [-0.39, 0.29) is 24.8 Å². The number of rotatable bonds is 14. The van der Waals surface area contributed by atoms with E-state index in [0.717, 1.165) is 39.2 Å². The van der Waals surface area contributed by atoms with Crippen LogP contribution >= 0.6 is 7.82 Å². The third kappa shape index (κ3) is 10.3. The summed E-state index contributed by atoms with van der Waals surface area (Å²) in [6, 6.07) is 28.0. The van der Waals surface area contributed by atoms with Crippen LogP contribution in [0.4, 0.5) is 0 Å². The molecule has 0 fully saturated rings. The molecule has 2 aromatic heterocycles. The summed E-state index contributed by atoms with van der Waals surface area (Å²) in [5.74, 6) is -0.950. The largest absolute Gasteiger partial charge is 0.477 e. The molecule has 5 rings (SSSR count). The molecule has 1 atom stereocenters. The summed E-state index contributed by atoms with van der Waals surface area (Å²) in [4.78, 5) is 28.0. The first-order valence-electron chi connectivity index (χ1n) is 17.6. The fraction of sp³-hybridized carbons (Fsp3) is 0.366. The Bertz CT molecular complexity index is 2000. The van der Waals surface area contributed by atoms with Crippen molar-refractivity contribution in [1.29, 1.82) is 0 Å². The number of carbonyl (C=O) groups is 2. The molecule has 3 aromatic carbocycles. The Kier molecular flexibility index (Phi) is 12.0. The number of phosphoric acid groups is 1. The Morgan fingerprint density at radius 2 is 1.36 bits per heavy atom. The molecule has 280 valence electrons.